The molecule has 96 valence electrons. The maximum atomic E-state index is 13.1. The molecule has 0 saturated heterocycles. The normalized spacial score (nSPS) is 10.7. The highest BCUT2D eigenvalue weighted by atomic mass is 19.2. The number of halogens is 2. The molecule has 0 fully saturated rings. The van der Waals surface area contributed by atoms with Crippen molar-refractivity contribution in [2.24, 2.45) is 0 Å². The summed E-state index contributed by atoms with van der Waals surface area (Å²) in [6.45, 7) is 2.61. The van der Waals surface area contributed by atoms with E-state index < -0.39 is 11.6 Å². The Morgan fingerprint density at radius 2 is 2.00 bits per heavy atom. The molecule has 18 heavy (non-hydrogen) atoms. The molecule has 0 amide bonds. The predicted molar refractivity (Wildman–Crippen MR) is 63.0 cm³/mol. The van der Waals surface area contributed by atoms with E-state index in [2.05, 4.69) is 10.1 Å². The summed E-state index contributed by atoms with van der Waals surface area (Å²) in [4.78, 5) is 5.80. The average Bonchev–Trinajstić information content (AvgIpc) is 2.82. The first-order valence-corrected chi connectivity index (χ1v) is 5.32. The van der Waals surface area contributed by atoms with Gasteiger partial charge < -0.3 is 15.2 Å². The molecule has 0 saturated carbocycles. The molecule has 1 aromatic carbocycles. The molecule has 0 unspecified atom stereocenters. The van der Waals surface area contributed by atoms with Crippen molar-refractivity contribution < 1.29 is 13.3 Å². The van der Waals surface area contributed by atoms with Gasteiger partial charge in [-0.3, -0.25) is 0 Å². The number of aromatic nitrogens is 2. The van der Waals surface area contributed by atoms with Crippen LogP contribution in [0.25, 0.3) is 11.5 Å². The van der Waals surface area contributed by atoms with Gasteiger partial charge in [0.1, 0.15) is 0 Å². The highest BCUT2D eigenvalue weighted by Gasteiger charge is 2.16. The summed E-state index contributed by atoms with van der Waals surface area (Å²) < 4.78 is 31.1. The van der Waals surface area contributed by atoms with Crippen LogP contribution in [0.5, 0.6) is 0 Å². The third-order valence-corrected chi connectivity index (χ3v) is 2.55. The fraction of sp³-hybridized carbons (Fsp3) is 0.273. The van der Waals surface area contributed by atoms with E-state index in [-0.39, 0.29) is 17.1 Å². The summed E-state index contributed by atoms with van der Waals surface area (Å²) in [5, 5.41) is 3.72. The summed E-state index contributed by atoms with van der Waals surface area (Å²) in [5.74, 6) is -1.61. The molecule has 0 bridgehead atoms. The van der Waals surface area contributed by atoms with Gasteiger partial charge in [-0.15, -0.1) is 0 Å². The van der Waals surface area contributed by atoms with Crippen molar-refractivity contribution in [3.8, 4) is 11.5 Å². The van der Waals surface area contributed by atoms with Gasteiger partial charge in [0.15, 0.2) is 11.6 Å². The fourth-order valence-corrected chi connectivity index (χ4v) is 1.37. The van der Waals surface area contributed by atoms with E-state index in [1.807, 2.05) is 6.92 Å². The first kappa shape index (κ1) is 12.3. The molecule has 0 aliphatic heterocycles. The number of nitrogens with zero attached hydrogens (tertiary/aromatic N) is 3. The maximum Gasteiger partial charge on any atom is 0.266 e. The van der Waals surface area contributed by atoms with Gasteiger partial charge in [-0.05, 0) is 18.1 Å². The van der Waals surface area contributed by atoms with Crippen molar-refractivity contribution in [1.29, 1.82) is 0 Å². The summed E-state index contributed by atoms with van der Waals surface area (Å²) in [7, 11) is 1.78. The Labute approximate surface area is 102 Å². The van der Waals surface area contributed by atoms with E-state index in [4.69, 9.17) is 10.3 Å². The zero-order chi connectivity index (χ0) is 13.3. The molecule has 5 nitrogen and oxygen atoms in total. The zero-order valence-corrected chi connectivity index (χ0v) is 9.94. The lowest BCUT2D eigenvalue weighted by atomic mass is 10.1. The van der Waals surface area contributed by atoms with Crippen molar-refractivity contribution >= 4 is 11.6 Å². The lowest BCUT2D eigenvalue weighted by molar-refractivity contribution is 0.429. The number of benzene rings is 1. The van der Waals surface area contributed by atoms with E-state index in [1.54, 1.807) is 11.9 Å². The van der Waals surface area contributed by atoms with Crippen LogP contribution in [0.4, 0.5) is 20.4 Å². The number of nitrogen functional groups attached to an aromatic ring is 1. The Morgan fingerprint density at radius 3 is 2.67 bits per heavy atom. The van der Waals surface area contributed by atoms with Crippen LogP contribution >= 0.6 is 0 Å². The van der Waals surface area contributed by atoms with Gasteiger partial charge in [0.05, 0.1) is 5.56 Å². The van der Waals surface area contributed by atoms with Crippen LogP contribution in [0, 0.1) is 11.6 Å². The van der Waals surface area contributed by atoms with Crippen LogP contribution in [-0.2, 0) is 0 Å². The monoisotopic (exact) mass is 254 g/mol. The van der Waals surface area contributed by atoms with E-state index in [9.17, 15) is 8.78 Å². The van der Waals surface area contributed by atoms with Gasteiger partial charge in [0.2, 0.25) is 0 Å². The molecule has 1 heterocycles. The third-order valence-electron chi connectivity index (χ3n) is 2.55. The molecule has 0 radical (unpaired) electrons. The van der Waals surface area contributed by atoms with E-state index >= 15 is 0 Å². The standard InChI is InChI=1S/C11H12F2N4O/c1-3-17(2)11-15-10(18-16-11)6-4-7(12)8(13)5-9(6)14/h4-5H,3,14H2,1-2H3. The van der Waals surface area contributed by atoms with Gasteiger partial charge in [-0.2, -0.15) is 4.98 Å². The first-order chi connectivity index (χ1) is 8.52. The van der Waals surface area contributed by atoms with Crippen LogP contribution in [0.2, 0.25) is 0 Å². The second-order valence-electron chi connectivity index (χ2n) is 3.77. The number of hydrogen-bond donors (Lipinski definition) is 1. The van der Waals surface area contributed by atoms with Gasteiger partial charge >= 0.3 is 0 Å². The molecule has 1 aromatic heterocycles. The summed E-state index contributed by atoms with van der Waals surface area (Å²) in [6, 6.07) is 1.83. The van der Waals surface area contributed by atoms with Gasteiger partial charge in [0.25, 0.3) is 11.8 Å². The fourth-order valence-electron chi connectivity index (χ4n) is 1.37. The van der Waals surface area contributed by atoms with Gasteiger partial charge in [-0.1, -0.05) is 0 Å². The van der Waals surface area contributed by atoms with Crippen molar-refractivity contribution in [3.05, 3.63) is 23.8 Å². The molecule has 0 spiro atoms. The molecule has 7 heteroatoms. The first-order valence-electron chi connectivity index (χ1n) is 5.32. The third kappa shape index (κ3) is 2.11. The van der Waals surface area contributed by atoms with Crippen molar-refractivity contribution in [3.63, 3.8) is 0 Å². The Morgan fingerprint density at radius 1 is 1.33 bits per heavy atom. The summed E-state index contributed by atoms with van der Waals surface area (Å²) >= 11 is 0. The molecular formula is C11H12F2N4O. The Hall–Kier alpha value is -2.18. The quantitative estimate of drug-likeness (QED) is 0.849. The zero-order valence-electron chi connectivity index (χ0n) is 9.94. The average molecular weight is 254 g/mol. The molecule has 0 aliphatic rings. The summed E-state index contributed by atoms with van der Waals surface area (Å²) in [5.41, 5.74) is 5.81. The molecule has 2 aromatic rings. The SMILES string of the molecule is CCN(C)c1noc(-c2cc(F)c(F)cc2N)n1. The molecule has 2 rings (SSSR count). The smallest absolute Gasteiger partial charge is 0.266 e. The van der Waals surface area contributed by atoms with E-state index in [0.29, 0.717) is 12.5 Å². The number of anilines is 2. The summed E-state index contributed by atoms with van der Waals surface area (Å²) in [6.07, 6.45) is 0. The Balaban J connectivity index is 2.43. The van der Waals surface area contributed by atoms with Crippen molar-refractivity contribution in [2.45, 2.75) is 6.92 Å². The second-order valence-corrected chi connectivity index (χ2v) is 3.77. The largest absolute Gasteiger partial charge is 0.398 e. The molecule has 0 atom stereocenters. The molecule has 0 aliphatic carbocycles. The van der Waals surface area contributed by atoms with E-state index in [0.717, 1.165) is 12.1 Å². The van der Waals surface area contributed by atoms with Crippen LogP contribution in [0.1, 0.15) is 6.92 Å². The lowest BCUT2D eigenvalue weighted by Crippen LogP contribution is -2.16. The topological polar surface area (TPSA) is 68.2 Å². The van der Waals surface area contributed by atoms with Crippen LogP contribution in [-0.4, -0.2) is 23.7 Å². The highest BCUT2D eigenvalue weighted by Crippen LogP contribution is 2.27. The van der Waals surface area contributed by atoms with Crippen LogP contribution < -0.4 is 10.6 Å². The molecular weight excluding hydrogens is 242 g/mol. The minimum absolute atomic E-state index is 0.0447. The number of hydrogen-bond acceptors (Lipinski definition) is 5. The Bertz CT molecular complexity index is 570. The minimum Gasteiger partial charge on any atom is -0.398 e. The predicted octanol–water partition coefficient (Wildman–Crippen LogP) is 2.05. The van der Waals surface area contributed by atoms with Crippen LogP contribution in [0.3, 0.4) is 0 Å². The van der Waals surface area contributed by atoms with Crippen LogP contribution in [0.15, 0.2) is 16.7 Å². The van der Waals surface area contributed by atoms with Crippen molar-refractivity contribution in [2.75, 3.05) is 24.2 Å². The lowest BCUT2D eigenvalue weighted by Gasteiger charge is -2.08. The van der Waals surface area contributed by atoms with E-state index in [1.165, 1.54) is 0 Å². The van der Waals surface area contributed by atoms with Gasteiger partial charge in [-0.25, -0.2) is 8.78 Å². The van der Waals surface area contributed by atoms with Crippen molar-refractivity contribution in [1.82, 2.24) is 10.1 Å². The Kier molecular flexibility index (Phi) is 3.14. The number of nitrogens with two attached hydrogens (primary N) is 1. The second kappa shape index (κ2) is 4.59. The van der Waals surface area contributed by atoms with Gasteiger partial charge in [0, 0.05) is 25.3 Å². The number of rotatable bonds is 3. The molecule has 2 N–H and O–H groups in total. The minimum atomic E-state index is -1.01. The highest BCUT2D eigenvalue weighted by molar-refractivity contribution is 5.70. The maximum absolute atomic E-state index is 13.1.